The molecule has 5 N–H and O–H groups in total. The largest absolute Gasteiger partial charge is 0.508 e. The summed E-state index contributed by atoms with van der Waals surface area (Å²) in [7, 11) is 1.18. The van der Waals surface area contributed by atoms with Gasteiger partial charge in [0, 0.05) is 17.9 Å². The van der Waals surface area contributed by atoms with Crippen LogP contribution in [-0.4, -0.2) is 94.8 Å². The predicted molar refractivity (Wildman–Crippen MR) is 124 cm³/mol. The van der Waals surface area contributed by atoms with Gasteiger partial charge in [-0.2, -0.15) is 0 Å². The summed E-state index contributed by atoms with van der Waals surface area (Å²) < 4.78 is 26.8. The quantitative estimate of drug-likeness (QED) is 0.210. The molecule has 7 atom stereocenters. The third-order valence-electron chi connectivity index (χ3n) is 6.19. The molecule has 12 heteroatoms. The van der Waals surface area contributed by atoms with Crippen molar-refractivity contribution in [2.45, 2.75) is 56.8 Å². The number of ether oxygens (including phenoxy) is 5. The molecule has 0 spiro atoms. The van der Waals surface area contributed by atoms with Gasteiger partial charge in [-0.25, -0.2) is 4.79 Å². The summed E-state index contributed by atoms with van der Waals surface area (Å²) in [6.45, 7) is 1.06. The van der Waals surface area contributed by atoms with Gasteiger partial charge in [-0.1, -0.05) is 18.2 Å². The Bertz CT molecular complexity index is 986. The molecule has 0 saturated carbocycles. The Morgan fingerprint density at radius 3 is 2.41 bits per heavy atom. The second kappa shape index (κ2) is 13.0. The van der Waals surface area contributed by atoms with Crippen molar-refractivity contribution in [2.24, 2.45) is 5.92 Å². The molecule has 1 fully saturated rings. The summed E-state index contributed by atoms with van der Waals surface area (Å²) in [6.07, 6.45) is -6.02. The van der Waals surface area contributed by atoms with E-state index in [1.165, 1.54) is 19.2 Å². The van der Waals surface area contributed by atoms with Crippen LogP contribution in [0, 0.1) is 5.92 Å². The molecule has 0 aliphatic carbocycles. The predicted octanol–water partition coefficient (Wildman–Crippen LogP) is -0.340. The first-order valence-electron chi connectivity index (χ1n) is 11.7. The number of esters is 2. The number of rotatable bonds is 9. The van der Waals surface area contributed by atoms with Gasteiger partial charge in [-0.3, -0.25) is 4.79 Å². The first kappa shape index (κ1) is 28.6. The second-order valence-corrected chi connectivity index (χ2v) is 8.55. The fourth-order valence-electron chi connectivity index (χ4n) is 4.10. The van der Waals surface area contributed by atoms with E-state index in [9.17, 15) is 35.1 Å². The molecule has 1 aromatic carbocycles. The monoisotopic (exact) mass is 524 g/mol. The molecule has 2 aliphatic heterocycles. The number of benzene rings is 1. The minimum absolute atomic E-state index is 0.0414. The van der Waals surface area contributed by atoms with Crippen LogP contribution >= 0.6 is 0 Å². The molecule has 0 aromatic heterocycles. The minimum Gasteiger partial charge on any atom is -0.508 e. The average Bonchev–Trinajstić information content (AvgIpc) is 2.89. The number of methoxy groups -OCH3 is 1. The molecule has 1 aromatic rings. The van der Waals surface area contributed by atoms with E-state index in [-0.39, 0.29) is 24.4 Å². The fourth-order valence-corrected chi connectivity index (χ4v) is 4.10. The van der Waals surface area contributed by atoms with Crippen LogP contribution in [0.25, 0.3) is 0 Å². The Morgan fingerprint density at radius 1 is 1.08 bits per heavy atom. The molecule has 0 radical (unpaired) electrons. The van der Waals surface area contributed by atoms with E-state index in [1.807, 2.05) is 0 Å². The van der Waals surface area contributed by atoms with Gasteiger partial charge in [0.25, 0.3) is 0 Å². The third-order valence-corrected chi connectivity index (χ3v) is 6.19. The number of allylic oxidation sites excluding steroid dienone is 1. The molecular formula is C25H32O12. The number of carbonyl (C=O) groups is 2. The van der Waals surface area contributed by atoms with Crippen molar-refractivity contribution in [3.05, 3.63) is 53.3 Å². The van der Waals surface area contributed by atoms with E-state index in [1.54, 1.807) is 25.1 Å². The highest BCUT2D eigenvalue weighted by molar-refractivity contribution is 5.90. The molecule has 12 nitrogen and oxygen atoms in total. The molecule has 204 valence electrons. The summed E-state index contributed by atoms with van der Waals surface area (Å²) in [6, 6.07) is 6.47. The molecule has 2 aliphatic rings. The highest BCUT2D eigenvalue weighted by atomic mass is 16.8. The van der Waals surface area contributed by atoms with E-state index in [0.29, 0.717) is 12.0 Å². The van der Waals surface area contributed by atoms with Gasteiger partial charge in [0.05, 0.1) is 38.6 Å². The molecule has 37 heavy (non-hydrogen) atoms. The Morgan fingerprint density at radius 2 is 1.78 bits per heavy atom. The highest BCUT2D eigenvalue weighted by Crippen LogP contribution is 2.36. The Labute approximate surface area is 213 Å². The molecule has 2 heterocycles. The van der Waals surface area contributed by atoms with Crippen molar-refractivity contribution in [3.63, 3.8) is 0 Å². The van der Waals surface area contributed by atoms with E-state index >= 15 is 0 Å². The van der Waals surface area contributed by atoms with Crippen molar-refractivity contribution in [3.8, 4) is 5.75 Å². The highest BCUT2D eigenvalue weighted by Gasteiger charge is 2.46. The van der Waals surface area contributed by atoms with E-state index in [0.717, 1.165) is 11.8 Å². The zero-order valence-corrected chi connectivity index (χ0v) is 20.4. The van der Waals surface area contributed by atoms with Crippen LogP contribution in [0.5, 0.6) is 5.75 Å². The third kappa shape index (κ3) is 6.86. The summed E-state index contributed by atoms with van der Waals surface area (Å²) in [5.41, 5.74) is 1.23. The van der Waals surface area contributed by atoms with Gasteiger partial charge in [0.2, 0.25) is 6.29 Å². The van der Waals surface area contributed by atoms with Gasteiger partial charge in [0.15, 0.2) is 6.29 Å². The molecule has 0 amide bonds. The zero-order chi connectivity index (χ0) is 27.1. The van der Waals surface area contributed by atoms with Crippen LogP contribution in [0.3, 0.4) is 0 Å². The maximum Gasteiger partial charge on any atom is 0.337 e. The van der Waals surface area contributed by atoms with Gasteiger partial charge < -0.3 is 49.2 Å². The number of aliphatic hydroxyl groups excluding tert-OH is 4. The number of hydrogen-bond acceptors (Lipinski definition) is 12. The molecular weight excluding hydrogens is 492 g/mol. The average molecular weight is 525 g/mol. The Balaban J connectivity index is 1.71. The maximum absolute atomic E-state index is 12.7. The normalized spacial score (nSPS) is 30.8. The lowest BCUT2D eigenvalue weighted by Gasteiger charge is -2.41. The molecule has 1 saturated heterocycles. The van der Waals surface area contributed by atoms with Crippen LogP contribution < -0.4 is 0 Å². The van der Waals surface area contributed by atoms with E-state index < -0.39 is 61.5 Å². The first-order chi connectivity index (χ1) is 17.7. The Hall–Kier alpha value is -3.00. The van der Waals surface area contributed by atoms with Crippen molar-refractivity contribution in [1.82, 2.24) is 0 Å². The smallest absolute Gasteiger partial charge is 0.337 e. The topological polar surface area (TPSA) is 181 Å². The first-order valence-corrected chi connectivity index (χ1v) is 11.7. The van der Waals surface area contributed by atoms with Crippen LogP contribution in [0.15, 0.2) is 47.7 Å². The van der Waals surface area contributed by atoms with E-state index in [2.05, 4.69) is 0 Å². The molecule has 1 unspecified atom stereocenters. The van der Waals surface area contributed by atoms with Crippen molar-refractivity contribution >= 4 is 11.9 Å². The van der Waals surface area contributed by atoms with E-state index in [4.69, 9.17) is 23.7 Å². The van der Waals surface area contributed by atoms with Crippen molar-refractivity contribution in [1.29, 1.82) is 0 Å². The summed E-state index contributed by atoms with van der Waals surface area (Å²) in [4.78, 5) is 25.1. The molecule has 3 rings (SSSR count). The van der Waals surface area contributed by atoms with Crippen LogP contribution in [0.4, 0.5) is 0 Å². The number of carbonyl (C=O) groups excluding carboxylic acids is 2. The number of phenolic OH excluding ortho intramolecular Hbond substituents is 1. The number of phenols is 1. The van der Waals surface area contributed by atoms with Gasteiger partial charge >= 0.3 is 11.9 Å². The van der Waals surface area contributed by atoms with Gasteiger partial charge in [-0.15, -0.1) is 0 Å². The van der Waals surface area contributed by atoms with Gasteiger partial charge in [0.1, 0.15) is 30.2 Å². The lowest BCUT2D eigenvalue weighted by atomic mass is 9.86. The standard InChI is InChI=1S/C25H32O12/c1-3-15-16(10-19(28)34-9-8-13-4-6-14(27)7-5-13)17(23(32)33-2)12-35-24(15)37-25-22(31)21(30)20(29)18(11-26)36-25/h3-7,12,16,18,20-22,24-27,29-31H,8-11H2,1-2H3/b15-3+/t16-,18-,20-,21+,22-,24?,25+/m0/s1. The second-order valence-electron chi connectivity index (χ2n) is 8.55. The van der Waals surface area contributed by atoms with Crippen LogP contribution in [0.2, 0.25) is 0 Å². The molecule has 0 bridgehead atoms. The van der Waals surface area contributed by atoms with Crippen molar-refractivity contribution in [2.75, 3.05) is 20.3 Å². The van der Waals surface area contributed by atoms with Crippen LogP contribution in [0.1, 0.15) is 18.9 Å². The summed E-state index contributed by atoms with van der Waals surface area (Å²) >= 11 is 0. The number of aromatic hydroxyl groups is 1. The summed E-state index contributed by atoms with van der Waals surface area (Å²) in [5, 5.41) is 49.1. The lowest BCUT2D eigenvalue weighted by molar-refractivity contribution is -0.327. The minimum atomic E-state index is -1.67. The SMILES string of the molecule is C/C=C1/C(O[C@H]2O[C@@H](CO)[C@H](O)[C@@H](O)[C@@H]2O)OC=C(C(=O)OC)[C@H]1CC(=O)OCCc1ccc(O)cc1. The lowest BCUT2D eigenvalue weighted by Crippen LogP contribution is -2.60. The van der Waals surface area contributed by atoms with Crippen molar-refractivity contribution < 1.29 is 58.8 Å². The fraction of sp³-hybridized carbons (Fsp3) is 0.520. The zero-order valence-electron chi connectivity index (χ0n) is 20.4. The number of hydrogen-bond donors (Lipinski definition) is 5. The van der Waals surface area contributed by atoms with Gasteiger partial charge in [-0.05, 0) is 24.6 Å². The van der Waals surface area contributed by atoms with Crippen LogP contribution in [-0.2, 0) is 39.7 Å². The maximum atomic E-state index is 12.7. The Kier molecular flexibility index (Phi) is 10.0. The summed E-state index contributed by atoms with van der Waals surface area (Å²) in [5.74, 6) is -2.07. The number of aliphatic hydroxyl groups is 4.